The number of benzene rings is 1. The zero-order valence-corrected chi connectivity index (χ0v) is 9.14. The van der Waals surface area contributed by atoms with Gasteiger partial charge >= 0.3 is 0 Å². The minimum atomic E-state index is -1.41. The molecule has 3 heteroatoms. The van der Waals surface area contributed by atoms with Crippen molar-refractivity contribution in [2.45, 2.75) is 20.8 Å². The molecular weight excluding hydrogens is 183 g/mol. The first kappa shape index (κ1) is 10.6. The SMILES string of the molecule is CCOP(O)c1cc(C)ccc1C. The van der Waals surface area contributed by atoms with Crippen LogP contribution in [-0.2, 0) is 4.52 Å². The van der Waals surface area contributed by atoms with Crippen LogP contribution in [0.1, 0.15) is 18.1 Å². The Hall–Kier alpha value is -0.430. The van der Waals surface area contributed by atoms with Crippen LogP contribution in [0.5, 0.6) is 0 Å². The lowest BCUT2D eigenvalue weighted by atomic mass is 10.2. The molecule has 0 radical (unpaired) electrons. The third kappa shape index (κ3) is 2.77. The van der Waals surface area contributed by atoms with E-state index in [1.54, 1.807) is 0 Å². The van der Waals surface area contributed by atoms with Crippen LogP contribution in [0.3, 0.4) is 0 Å². The van der Waals surface area contributed by atoms with Crippen LogP contribution in [0, 0.1) is 13.8 Å². The molecular formula is C10H15O2P. The van der Waals surface area contributed by atoms with E-state index >= 15 is 0 Å². The van der Waals surface area contributed by atoms with Gasteiger partial charge in [-0.2, -0.15) is 0 Å². The summed E-state index contributed by atoms with van der Waals surface area (Å²) in [5, 5.41) is 0.928. The van der Waals surface area contributed by atoms with E-state index < -0.39 is 8.38 Å². The van der Waals surface area contributed by atoms with Gasteiger partial charge in [0, 0.05) is 5.30 Å². The van der Waals surface area contributed by atoms with Crippen molar-refractivity contribution in [1.82, 2.24) is 0 Å². The molecule has 0 aliphatic carbocycles. The smallest absolute Gasteiger partial charge is 0.202 e. The summed E-state index contributed by atoms with van der Waals surface area (Å²) >= 11 is 0. The summed E-state index contributed by atoms with van der Waals surface area (Å²) in [6.45, 7) is 6.43. The summed E-state index contributed by atoms with van der Waals surface area (Å²) in [6.07, 6.45) is 0. The van der Waals surface area contributed by atoms with Gasteiger partial charge in [-0.05, 0) is 32.4 Å². The van der Waals surface area contributed by atoms with Crippen molar-refractivity contribution in [2.24, 2.45) is 0 Å². The van der Waals surface area contributed by atoms with E-state index in [2.05, 4.69) is 0 Å². The maximum absolute atomic E-state index is 9.67. The molecule has 0 spiro atoms. The molecule has 0 saturated carbocycles. The third-order valence-corrected chi connectivity index (χ3v) is 3.22. The molecule has 0 aromatic heterocycles. The first-order valence-electron chi connectivity index (χ1n) is 4.34. The molecule has 0 saturated heterocycles. The van der Waals surface area contributed by atoms with Crippen LogP contribution in [0.25, 0.3) is 0 Å². The molecule has 1 aromatic rings. The molecule has 13 heavy (non-hydrogen) atoms. The second-order valence-electron chi connectivity index (χ2n) is 2.98. The molecule has 2 nitrogen and oxygen atoms in total. The molecule has 0 heterocycles. The highest BCUT2D eigenvalue weighted by atomic mass is 31.2. The summed E-state index contributed by atoms with van der Waals surface area (Å²) < 4.78 is 5.18. The Bertz CT molecular complexity index is 286. The topological polar surface area (TPSA) is 29.5 Å². The number of hydrogen-bond acceptors (Lipinski definition) is 2. The van der Waals surface area contributed by atoms with E-state index in [0.717, 1.165) is 16.4 Å². The lowest BCUT2D eigenvalue weighted by Gasteiger charge is -2.12. The molecule has 0 aliphatic heterocycles. The van der Waals surface area contributed by atoms with Crippen molar-refractivity contribution >= 4 is 13.7 Å². The maximum atomic E-state index is 9.67. The van der Waals surface area contributed by atoms with Gasteiger partial charge in [-0.25, -0.2) is 0 Å². The van der Waals surface area contributed by atoms with Crippen molar-refractivity contribution < 1.29 is 9.42 Å². The molecule has 72 valence electrons. The van der Waals surface area contributed by atoms with Crippen molar-refractivity contribution in [1.29, 1.82) is 0 Å². The van der Waals surface area contributed by atoms with E-state index in [1.807, 2.05) is 39.0 Å². The predicted molar refractivity (Wildman–Crippen MR) is 56.3 cm³/mol. The molecule has 1 N–H and O–H groups in total. The minimum absolute atomic E-state index is 0.551. The third-order valence-electron chi connectivity index (χ3n) is 1.82. The first-order chi connectivity index (χ1) is 6.15. The van der Waals surface area contributed by atoms with Gasteiger partial charge in [-0.15, -0.1) is 0 Å². The Morgan fingerprint density at radius 1 is 1.38 bits per heavy atom. The zero-order chi connectivity index (χ0) is 9.84. The molecule has 0 fully saturated rings. The van der Waals surface area contributed by atoms with Gasteiger partial charge in [-0.1, -0.05) is 17.7 Å². The van der Waals surface area contributed by atoms with Gasteiger partial charge in [0.05, 0.1) is 6.61 Å². The fourth-order valence-corrected chi connectivity index (χ4v) is 2.19. The molecule has 0 amide bonds. The van der Waals surface area contributed by atoms with Gasteiger partial charge in [0.25, 0.3) is 0 Å². The predicted octanol–water partition coefficient (Wildman–Crippen LogP) is 2.27. The molecule has 1 atom stereocenters. The van der Waals surface area contributed by atoms with Gasteiger partial charge in [-0.3, -0.25) is 0 Å². The Balaban J connectivity index is 2.91. The summed E-state index contributed by atoms with van der Waals surface area (Å²) in [4.78, 5) is 9.67. The molecule has 1 rings (SSSR count). The van der Waals surface area contributed by atoms with Gasteiger partial charge in [0.15, 0.2) is 0 Å². The van der Waals surface area contributed by atoms with Gasteiger partial charge in [0.2, 0.25) is 8.38 Å². The fourth-order valence-electron chi connectivity index (χ4n) is 1.12. The second-order valence-corrected chi connectivity index (χ2v) is 4.27. The quantitative estimate of drug-likeness (QED) is 0.755. The molecule has 1 aromatic carbocycles. The van der Waals surface area contributed by atoms with Crippen molar-refractivity contribution in [3.8, 4) is 0 Å². The molecule has 0 aliphatic rings. The molecule has 0 bridgehead atoms. The van der Waals surface area contributed by atoms with Crippen LogP contribution in [-0.4, -0.2) is 11.5 Å². The summed E-state index contributed by atoms with van der Waals surface area (Å²) in [5.41, 5.74) is 2.24. The normalized spacial score (nSPS) is 12.9. The Labute approximate surface area is 80.5 Å². The number of hydrogen-bond donors (Lipinski definition) is 1. The summed E-state index contributed by atoms with van der Waals surface area (Å²) in [7, 11) is -1.41. The van der Waals surface area contributed by atoms with E-state index in [0.29, 0.717) is 6.61 Å². The Morgan fingerprint density at radius 2 is 2.08 bits per heavy atom. The van der Waals surface area contributed by atoms with Crippen LogP contribution in [0.15, 0.2) is 18.2 Å². The van der Waals surface area contributed by atoms with Crippen molar-refractivity contribution in [3.63, 3.8) is 0 Å². The lowest BCUT2D eigenvalue weighted by molar-refractivity contribution is 0.337. The number of rotatable bonds is 3. The van der Waals surface area contributed by atoms with E-state index in [9.17, 15) is 4.89 Å². The standard InChI is InChI=1S/C10H15O2P/c1-4-12-13(11)10-7-8(2)5-6-9(10)3/h5-7,11H,4H2,1-3H3. The summed E-state index contributed by atoms with van der Waals surface area (Å²) in [6, 6.07) is 6.03. The largest absolute Gasteiger partial charge is 0.346 e. The Kier molecular flexibility index (Phi) is 3.86. The van der Waals surface area contributed by atoms with E-state index in [-0.39, 0.29) is 0 Å². The first-order valence-corrected chi connectivity index (χ1v) is 5.55. The van der Waals surface area contributed by atoms with Gasteiger partial charge < -0.3 is 9.42 Å². The second kappa shape index (κ2) is 4.71. The van der Waals surface area contributed by atoms with E-state index in [4.69, 9.17) is 4.52 Å². The van der Waals surface area contributed by atoms with Crippen LogP contribution >= 0.6 is 8.38 Å². The Morgan fingerprint density at radius 3 is 2.69 bits per heavy atom. The van der Waals surface area contributed by atoms with Crippen LogP contribution in [0.4, 0.5) is 0 Å². The van der Waals surface area contributed by atoms with Gasteiger partial charge in [0.1, 0.15) is 0 Å². The highest BCUT2D eigenvalue weighted by molar-refractivity contribution is 7.55. The zero-order valence-electron chi connectivity index (χ0n) is 8.24. The highest BCUT2D eigenvalue weighted by Crippen LogP contribution is 2.31. The highest BCUT2D eigenvalue weighted by Gasteiger charge is 2.10. The lowest BCUT2D eigenvalue weighted by Crippen LogP contribution is -2.07. The van der Waals surface area contributed by atoms with Crippen LogP contribution < -0.4 is 5.30 Å². The maximum Gasteiger partial charge on any atom is 0.202 e. The van der Waals surface area contributed by atoms with Crippen molar-refractivity contribution in [2.75, 3.05) is 6.61 Å². The average molecular weight is 198 g/mol. The monoisotopic (exact) mass is 198 g/mol. The fraction of sp³-hybridized carbons (Fsp3) is 0.400. The van der Waals surface area contributed by atoms with E-state index in [1.165, 1.54) is 0 Å². The van der Waals surface area contributed by atoms with Crippen molar-refractivity contribution in [3.05, 3.63) is 29.3 Å². The average Bonchev–Trinajstić information content (AvgIpc) is 2.09. The minimum Gasteiger partial charge on any atom is -0.346 e. The molecule has 1 unspecified atom stereocenters. The van der Waals surface area contributed by atoms with Crippen LogP contribution in [0.2, 0.25) is 0 Å². The number of aryl methyl sites for hydroxylation is 2. The summed E-state index contributed by atoms with van der Waals surface area (Å²) in [5.74, 6) is 0.